The van der Waals surface area contributed by atoms with E-state index in [2.05, 4.69) is 15.6 Å². The number of hydrogen-bond donors (Lipinski definition) is 2. The van der Waals surface area contributed by atoms with E-state index in [0.29, 0.717) is 10.8 Å². The lowest BCUT2D eigenvalue weighted by atomic mass is 10.4. The Morgan fingerprint density at radius 3 is 2.74 bits per heavy atom. The molecule has 7 heteroatoms. The van der Waals surface area contributed by atoms with Gasteiger partial charge < -0.3 is 15.1 Å². The van der Waals surface area contributed by atoms with E-state index in [1.807, 2.05) is 0 Å². The minimum atomic E-state index is -0.804. The number of carbonyl (C=O) groups is 2. The van der Waals surface area contributed by atoms with Gasteiger partial charge >= 0.3 is 11.8 Å². The van der Waals surface area contributed by atoms with Crippen molar-refractivity contribution in [2.24, 2.45) is 0 Å². The molecule has 2 amide bonds. The van der Waals surface area contributed by atoms with E-state index in [1.54, 1.807) is 18.2 Å². The number of hydrogen-bond acceptors (Lipinski definition) is 4. The van der Waals surface area contributed by atoms with Gasteiger partial charge in [0.15, 0.2) is 0 Å². The van der Waals surface area contributed by atoms with Crippen LogP contribution in [-0.4, -0.2) is 16.8 Å². The molecule has 0 aromatic carbocycles. The van der Waals surface area contributed by atoms with Gasteiger partial charge in [-0.15, -0.1) is 0 Å². The maximum atomic E-state index is 11.5. The van der Waals surface area contributed by atoms with Crippen molar-refractivity contribution in [1.29, 1.82) is 0 Å². The molecule has 0 radical (unpaired) electrons. The third-order valence-electron chi connectivity index (χ3n) is 2.18. The zero-order chi connectivity index (χ0) is 13.7. The fraction of sp³-hybridized carbons (Fsp3) is 0.0833. The van der Waals surface area contributed by atoms with Gasteiger partial charge in [-0.3, -0.25) is 9.59 Å². The summed E-state index contributed by atoms with van der Waals surface area (Å²) in [5.41, 5.74) is 0. The van der Waals surface area contributed by atoms with E-state index in [1.165, 1.54) is 18.5 Å². The smallest absolute Gasteiger partial charge is 0.314 e. The van der Waals surface area contributed by atoms with Crippen molar-refractivity contribution >= 4 is 29.2 Å². The predicted octanol–water partition coefficient (Wildman–Crippen LogP) is 1.58. The summed E-state index contributed by atoms with van der Waals surface area (Å²) >= 11 is 5.65. The summed E-state index contributed by atoms with van der Waals surface area (Å²) in [6.45, 7) is 0.146. The second-order valence-electron chi connectivity index (χ2n) is 3.58. The Morgan fingerprint density at radius 1 is 1.26 bits per heavy atom. The third-order valence-corrected chi connectivity index (χ3v) is 2.40. The molecule has 0 aliphatic carbocycles. The van der Waals surface area contributed by atoms with Crippen LogP contribution in [0.25, 0.3) is 0 Å². The normalized spacial score (nSPS) is 9.95. The lowest BCUT2D eigenvalue weighted by Gasteiger charge is -2.04. The van der Waals surface area contributed by atoms with E-state index in [4.69, 9.17) is 16.0 Å². The molecule has 2 rings (SSSR count). The summed E-state index contributed by atoms with van der Waals surface area (Å²) in [7, 11) is 0. The molecule has 2 N–H and O–H groups in total. The van der Waals surface area contributed by atoms with E-state index in [0.717, 1.165) is 0 Å². The highest BCUT2D eigenvalue weighted by Gasteiger charge is 2.14. The Morgan fingerprint density at radius 2 is 2.11 bits per heavy atom. The van der Waals surface area contributed by atoms with Crippen molar-refractivity contribution in [2.75, 3.05) is 5.32 Å². The minimum Gasteiger partial charge on any atom is -0.467 e. The summed E-state index contributed by atoms with van der Waals surface area (Å²) in [4.78, 5) is 26.9. The fourth-order valence-corrected chi connectivity index (χ4v) is 1.40. The Balaban J connectivity index is 1.85. The summed E-state index contributed by atoms with van der Waals surface area (Å²) in [6.07, 6.45) is 2.86. The number of anilines is 1. The Labute approximate surface area is 113 Å². The second-order valence-corrected chi connectivity index (χ2v) is 4.01. The summed E-state index contributed by atoms with van der Waals surface area (Å²) < 4.78 is 5.02. The molecule has 2 aromatic rings. The number of halogens is 1. The molecule has 98 valence electrons. The third kappa shape index (κ3) is 3.82. The fourth-order valence-electron chi connectivity index (χ4n) is 1.28. The molecule has 0 bridgehead atoms. The van der Waals surface area contributed by atoms with Crippen molar-refractivity contribution in [2.45, 2.75) is 6.54 Å². The van der Waals surface area contributed by atoms with Crippen LogP contribution in [0.3, 0.4) is 0 Å². The highest BCUT2D eigenvalue weighted by molar-refractivity contribution is 6.39. The molecule has 0 aliphatic rings. The number of nitrogens with zero attached hydrogens (tertiary/aromatic N) is 1. The molecular formula is C12H10ClN3O3. The summed E-state index contributed by atoms with van der Waals surface area (Å²) in [5, 5.41) is 5.21. The van der Waals surface area contributed by atoms with Crippen molar-refractivity contribution in [3.63, 3.8) is 0 Å². The number of nitrogens with one attached hydrogen (secondary N) is 2. The number of rotatable bonds is 3. The van der Waals surface area contributed by atoms with Crippen LogP contribution in [0.2, 0.25) is 5.02 Å². The van der Waals surface area contributed by atoms with E-state index in [-0.39, 0.29) is 12.4 Å². The van der Waals surface area contributed by atoms with E-state index in [9.17, 15) is 9.59 Å². The number of aromatic nitrogens is 1. The first kappa shape index (κ1) is 13.1. The van der Waals surface area contributed by atoms with Gasteiger partial charge in [0.25, 0.3) is 0 Å². The van der Waals surface area contributed by atoms with Gasteiger partial charge in [-0.05, 0) is 24.3 Å². The van der Waals surface area contributed by atoms with Crippen molar-refractivity contribution < 1.29 is 14.0 Å². The highest BCUT2D eigenvalue weighted by Crippen LogP contribution is 2.09. The first-order chi connectivity index (χ1) is 9.15. The molecule has 2 aromatic heterocycles. The number of pyridine rings is 1. The van der Waals surface area contributed by atoms with Crippen molar-refractivity contribution in [3.8, 4) is 0 Å². The monoisotopic (exact) mass is 279 g/mol. The van der Waals surface area contributed by atoms with Crippen LogP contribution in [0.4, 0.5) is 5.82 Å². The van der Waals surface area contributed by atoms with Crippen LogP contribution in [-0.2, 0) is 16.1 Å². The van der Waals surface area contributed by atoms with Crippen molar-refractivity contribution in [1.82, 2.24) is 10.3 Å². The maximum absolute atomic E-state index is 11.5. The van der Waals surface area contributed by atoms with Gasteiger partial charge in [0.1, 0.15) is 11.6 Å². The topological polar surface area (TPSA) is 84.2 Å². The van der Waals surface area contributed by atoms with Crippen LogP contribution < -0.4 is 10.6 Å². The van der Waals surface area contributed by atoms with Crippen LogP contribution >= 0.6 is 11.6 Å². The van der Waals surface area contributed by atoms with Crippen LogP contribution in [0.1, 0.15) is 5.76 Å². The molecule has 0 aliphatic heterocycles. The molecule has 0 spiro atoms. The number of amides is 2. The van der Waals surface area contributed by atoms with Crippen LogP contribution in [0.5, 0.6) is 0 Å². The Bertz CT molecular complexity index is 566. The van der Waals surface area contributed by atoms with E-state index < -0.39 is 11.8 Å². The molecule has 2 heterocycles. The number of carbonyl (C=O) groups excluding carboxylic acids is 2. The highest BCUT2D eigenvalue weighted by atomic mass is 35.5. The molecule has 0 saturated heterocycles. The molecular weight excluding hydrogens is 270 g/mol. The lowest BCUT2D eigenvalue weighted by Crippen LogP contribution is -2.35. The zero-order valence-corrected chi connectivity index (χ0v) is 10.5. The molecule has 19 heavy (non-hydrogen) atoms. The first-order valence-corrected chi connectivity index (χ1v) is 5.76. The molecule has 0 atom stereocenters. The van der Waals surface area contributed by atoms with Crippen LogP contribution in [0, 0.1) is 0 Å². The molecule has 0 unspecified atom stereocenters. The second kappa shape index (κ2) is 6.01. The Hall–Kier alpha value is -2.34. The van der Waals surface area contributed by atoms with Gasteiger partial charge in [-0.2, -0.15) is 0 Å². The first-order valence-electron chi connectivity index (χ1n) is 5.38. The average Bonchev–Trinajstić information content (AvgIpc) is 2.91. The van der Waals surface area contributed by atoms with Gasteiger partial charge in [0.2, 0.25) is 0 Å². The minimum absolute atomic E-state index is 0.146. The molecule has 6 nitrogen and oxygen atoms in total. The van der Waals surface area contributed by atoms with Crippen LogP contribution in [0.15, 0.2) is 41.1 Å². The largest absolute Gasteiger partial charge is 0.467 e. The summed E-state index contributed by atoms with van der Waals surface area (Å²) in [6, 6.07) is 6.45. The molecule has 0 saturated carbocycles. The quantitative estimate of drug-likeness (QED) is 0.836. The average molecular weight is 280 g/mol. The van der Waals surface area contributed by atoms with Gasteiger partial charge in [0, 0.05) is 6.20 Å². The standard InChI is InChI=1S/C12H10ClN3O3/c13-8-3-4-10(14-6-8)16-12(18)11(17)15-7-9-2-1-5-19-9/h1-6H,7H2,(H,15,17)(H,14,16,18). The number of furan rings is 1. The zero-order valence-electron chi connectivity index (χ0n) is 9.72. The van der Waals surface area contributed by atoms with Gasteiger partial charge in [0.05, 0.1) is 17.8 Å². The SMILES string of the molecule is O=C(NCc1ccco1)C(=O)Nc1ccc(Cl)cn1. The molecule has 0 fully saturated rings. The predicted molar refractivity (Wildman–Crippen MR) is 68.4 cm³/mol. The van der Waals surface area contributed by atoms with Gasteiger partial charge in [-0.25, -0.2) is 4.98 Å². The van der Waals surface area contributed by atoms with Gasteiger partial charge in [-0.1, -0.05) is 11.6 Å². The van der Waals surface area contributed by atoms with E-state index >= 15 is 0 Å². The van der Waals surface area contributed by atoms with Crippen molar-refractivity contribution in [3.05, 3.63) is 47.5 Å². The summed E-state index contributed by atoms with van der Waals surface area (Å²) in [5.74, 6) is -0.761. The Kier molecular flexibility index (Phi) is 4.15. The maximum Gasteiger partial charge on any atom is 0.314 e. The lowest BCUT2D eigenvalue weighted by molar-refractivity contribution is -0.136.